The minimum Gasteiger partial charge on any atom is -0.490 e. The quantitative estimate of drug-likeness (QED) is 0.150. The van der Waals surface area contributed by atoms with E-state index in [1.54, 1.807) is 12.4 Å². The van der Waals surface area contributed by atoms with Crippen molar-refractivity contribution in [1.82, 2.24) is 9.97 Å². The van der Waals surface area contributed by atoms with E-state index in [9.17, 15) is 4.79 Å². The minimum atomic E-state index is -0.0738. The van der Waals surface area contributed by atoms with Crippen molar-refractivity contribution in [2.75, 3.05) is 6.61 Å². The molecular weight excluding hydrogens is 472 g/mol. The third-order valence-electron chi connectivity index (χ3n) is 8.84. The van der Waals surface area contributed by atoms with Crippen LogP contribution in [0.15, 0.2) is 36.7 Å². The molecule has 5 heteroatoms. The molecule has 4 rings (SSSR count). The summed E-state index contributed by atoms with van der Waals surface area (Å²) in [5.41, 5.74) is 0.894. The molecule has 0 amide bonds. The van der Waals surface area contributed by atoms with Gasteiger partial charge in [-0.2, -0.15) is 0 Å². The predicted octanol–water partition coefficient (Wildman–Crippen LogP) is 8.81. The molecule has 208 valence electrons. The van der Waals surface area contributed by atoms with E-state index < -0.39 is 0 Å². The fraction of sp³-hybridized carbons (Fsp3) is 0.667. The zero-order valence-corrected chi connectivity index (χ0v) is 23.7. The summed E-state index contributed by atoms with van der Waals surface area (Å²) in [4.78, 5) is 21.8. The molecule has 38 heavy (non-hydrogen) atoms. The maximum atomic E-state index is 12.9. The minimum absolute atomic E-state index is 0.0323. The maximum Gasteiger partial charge on any atom is 0.314 e. The number of esters is 1. The smallest absolute Gasteiger partial charge is 0.314 e. The molecule has 2 aliphatic carbocycles. The van der Waals surface area contributed by atoms with Crippen LogP contribution in [0.25, 0.3) is 11.4 Å². The Bertz CT molecular complexity index is 943. The number of ether oxygens (including phenoxy) is 2. The number of hydrogen-bond donors (Lipinski definition) is 0. The summed E-state index contributed by atoms with van der Waals surface area (Å²) in [5.74, 6) is 4.55. The molecule has 1 heterocycles. The standard InChI is InChI=1S/C33H48N2O3/c1-3-5-6-7-8-22-37-31-23-34-32(35-24-31)28-18-20-30(21-19-28)38-33(36)29-16-14-27(15-17-29)26-12-10-25(9-4-2)11-13-26/h18-21,23-27,29H,3-17,22H2,1-2H3. The Hall–Kier alpha value is -2.43. The Morgan fingerprint density at radius 1 is 0.763 bits per heavy atom. The topological polar surface area (TPSA) is 61.3 Å². The van der Waals surface area contributed by atoms with Crippen LogP contribution in [-0.4, -0.2) is 22.5 Å². The summed E-state index contributed by atoms with van der Waals surface area (Å²) in [6.07, 6.45) is 22.2. The largest absolute Gasteiger partial charge is 0.490 e. The van der Waals surface area contributed by atoms with Crippen molar-refractivity contribution >= 4 is 5.97 Å². The molecule has 0 radical (unpaired) electrons. The lowest BCUT2D eigenvalue weighted by Gasteiger charge is -2.37. The van der Waals surface area contributed by atoms with Gasteiger partial charge in [-0.05, 0) is 87.0 Å². The van der Waals surface area contributed by atoms with Crippen LogP contribution < -0.4 is 9.47 Å². The summed E-state index contributed by atoms with van der Waals surface area (Å²) >= 11 is 0. The number of carbonyl (C=O) groups excluding carboxylic acids is 1. The van der Waals surface area contributed by atoms with Gasteiger partial charge in [0.2, 0.25) is 0 Å². The monoisotopic (exact) mass is 520 g/mol. The van der Waals surface area contributed by atoms with Crippen molar-refractivity contribution in [1.29, 1.82) is 0 Å². The Morgan fingerprint density at radius 3 is 2.03 bits per heavy atom. The van der Waals surface area contributed by atoms with Crippen molar-refractivity contribution in [3.8, 4) is 22.9 Å². The zero-order chi connectivity index (χ0) is 26.6. The first kappa shape index (κ1) is 28.6. The van der Waals surface area contributed by atoms with Gasteiger partial charge in [-0.1, -0.05) is 65.2 Å². The lowest BCUT2D eigenvalue weighted by Crippen LogP contribution is -2.30. The second-order valence-corrected chi connectivity index (χ2v) is 11.6. The van der Waals surface area contributed by atoms with Crippen molar-refractivity contribution in [2.24, 2.45) is 23.7 Å². The van der Waals surface area contributed by atoms with Crippen LogP contribution in [0.4, 0.5) is 0 Å². The summed E-state index contributed by atoms with van der Waals surface area (Å²) < 4.78 is 11.5. The van der Waals surface area contributed by atoms with Crippen LogP contribution in [0.5, 0.6) is 11.5 Å². The molecule has 0 atom stereocenters. The second-order valence-electron chi connectivity index (χ2n) is 11.6. The van der Waals surface area contributed by atoms with Crippen LogP contribution in [0, 0.1) is 23.7 Å². The molecule has 5 nitrogen and oxygen atoms in total. The molecule has 0 unspecified atom stereocenters. The Balaban J connectivity index is 1.18. The van der Waals surface area contributed by atoms with Crippen LogP contribution in [0.2, 0.25) is 0 Å². The molecule has 2 fully saturated rings. The SMILES string of the molecule is CCCCCCCOc1cnc(-c2ccc(OC(=O)C3CCC(C4CCC(CCC)CC4)CC3)cc2)nc1. The number of hydrogen-bond acceptors (Lipinski definition) is 5. The molecule has 0 saturated heterocycles. The first-order valence-electron chi connectivity index (χ1n) is 15.4. The van der Waals surface area contributed by atoms with Crippen molar-refractivity contribution in [3.05, 3.63) is 36.7 Å². The number of benzene rings is 1. The van der Waals surface area contributed by atoms with Crippen molar-refractivity contribution in [3.63, 3.8) is 0 Å². The molecule has 2 aliphatic rings. The van der Waals surface area contributed by atoms with Crippen LogP contribution >= 0.6 is 0 Å². The molecule has 2 aromatic rings. The van der Waals surface area contributed by atoms with Crippen LogP contribution in [-0.2, 0) is 4.79 Å². The van der Waals surface area contributed by atoms with Gasteiger partial charge in [-0.15, -0.1) is 0 Å². The first-order chi connectivity index (χ1) is 18.7. The highest BCUT2D eigenvalue weighted by Crippen LogP contribution is 2.42. The fourth-order valence-corrected chi connectivity index (χ4v) is 6.49. The average molecular weight is 521 g/mol. The van der Waals surface area contributed by atoms with Crippen molar-refractivity contribution in [2.45, 2.75) is 110 Å². The first-order valence-corrected chi connectivity index (χ1v) is 15.4. The molecule has 0 N–H and O–H groups in total. The van der Waals surface area contributed by atoms with E-state index >= 15 is 0 Å². The number of nitrogens with zero attached hydrogens (tertiary/aromatic N) is 2. The number of aromatic nitrogens is 2. The molecular formula is C33H48N2O3. The van der Waals surface area contributed by atoms with E-state index in [0.717, 1.165) is 42.6 Å². The average Bonchev–Trinajstić information content (AvgIpc) is 2.96. The molecule has 2 saturated carbocycles. The lowest BCUT2D eigenvalue weighted by molar-refractivity contribution is -0.140. The van der Waals surface area contributed by atoms with E-state index in [2.05, 4.69) is 23.8 Å². The molecule has 0 aliphatic heterocycles. The van der Waals surface area contributed by atoms with Gasteiger partial charge in [-0.25, -0.2) is 9.97 Å². The van der Waals surface area contributed by atoms with Crippen LogP contribution in [0.3, 0.4) is 0 Å². The van der Waals surface area contributed by atoms with Crippen molar-refractivity contribution < 1.29 is 14.3 Å². The van der Waals surface area contributed by atoms with Gasteiger partial charge in [0.1, 0.15) is 5.75 Å². The van der Waals surface area contributed by atoms with E-state index in [-0.39, 0.29) is 11.9 Å². The summed E-state index contributed by atoms with van der Waals surface area (Å²) in [7, 11) is 0. The van der Waals surface area contributed by atoms with Gasteiger partial charge in [0.15, 0.2) is 11.6 Å². The van der Waals surface area contributed by atoms with E-state index in [1.807, 2.05) is 24.3 Å². The third-order valence-corrected chi connectivity index (χ3v) is 8.84. The molecule has 1 aromatic heterocycles. The maximum absolute atomic E-state index is 12.9. The van der Waals surface area contributed by atoms with Gasteiger partial charge in [0.05, 0.1) is 24.9 Å². The highest BCUT2D eigenvalue weighted by Gasteiger charge is 2.33. The predicted molar refractivity (Wildman–Crippen MR) is 153 cm³/mol. The lowest BCUT2D eigenvalue weighted by atomic mass is 9.69. The highest BCUT2D eigenvalue weighted by atomic mass is 16.5. The van der Waals surface area contributed by atoms with E-state index in [0.29, 0.717) is 23.9 Å². The molecule has 0 bridgehead atoms. The van der Waals surface area contributed by atoms with Crippen LogP contribution in [0.1, 0.15) is 110 Å². The van der Waals surface area contributed by atoms with Gasteiger partial charge in [0, 0.05) is 5.56 Å². The summed E-state index contributed by atoms with van der Waals surface area (Å²) in [6, 6.07) is 7.52. The number of rotatable bonds is 13. The normalized spacial score (nSPS) is 23.6. The van der Waals surface area contributed by atoms with Gasteiger partial charge >= 0.3 is 5.97 Å². The summed E-state index contributed by atoms with van der Waals surface area (Å²) in [6.45, 7) is 5.23. The van der Waals surface area contributed by atoms with Gasteiger partial charge < -0.3 is 9.47 Å². The molecule has 0 spiro atoms. The number of carbonyl (C=O) groups is 1. The Labute approximate surface area is 230 Å². The highest BCUT2D eigenvalue weighted by molar-refractivity contribution is 5.75. The zero-order valence-electron chi connectivity index (χ0n) is 23.7. The number of unbranched alkanes of at least 4 members (excludes halogenated alkanes) is 4. The third kappa shape index (κ3) is 8.54. The summed E-state index contributed by atoms with van der Waals surface area (Å²) in [5, 5.41) is 0. The Morgan fingerprint density at radius 2 is 1.39 bits per heavy atom. The van der Waals surface area contributed by atoms with Gasteiger partial charge in [0.25, 0.3) is 0 Å². The fourth-order valence-electron chi connectivity index (χ4n) is 6.49. The van der Waals surface area contributed by atoms with E-state index in [4.69, 9.17) is 9.47 Å². The Kier molecular flexibility index (Phi) is 11.5. The molecule has 1 aromatic carbocycles. The van der Waals surface area contributed by atoms with E-state index in [1.165, 1.54) is 77.0 Å². The van der Waals surface area contributed by atoms with Gasteiger partial charge in [-0.3, -0.25) is 4.79 Å². The second kappa shape index (κ2) is 15.2.